The van der Waals surface area contributed by atoms with Gasteiger partial charge >= 0.3 is 0 Å². The third kappa shape index (κ3) is 4.14. The summed E-state index contributed by atoms with van der Waals surface area (Å²) in [6, 6.07) is 13.6. The summed E-state index contributed by atoms with van der Waals surface area (Å²) in [5.74, 6) is 0.609. The molecular weight excluding hydrogens is 240 g/mol. The Kier molecular flexibility index (Phi) is 4.18. The lowest BCUT2D eigenvalue weighted by Crippen LogP contribution is -2.04. The van der Waals surface area contributed by atoms with E-state index >= 15 is 0 Å². The van der Waals surface area contributed by atoms with Crippen LogP contribution in [0.5, 0.6) is 11.5 Å². The molecule has 2 N–H and O–H groups in total. The van der Waals surface area contributed by atoms with E-state index in [0.717, 1.165) is 11.1 Å². The predicted octanol–water partition coefficient (Wildman–Crippen LogP) is 2.84. The molecule has 0 heterocycles. The summed E-state index contributed by atoms with van der Waals surface area (Å²) >= 11 is 0. The maximum Gasteiger partial charge on any atom is 0.137 e. The minimum Gasteiger partial charge on any atom is -0.508 e. The molecule has 0 amide bonds. The quantitative estimate of drug-likeness (QED) is 0.864. The largest absolute Gasteiger partial charge is 0.508 e. The standard InChI is InChI=1S/C16H16O3/c17-14-6-1-12(2-7-14)3-10-16(19)11-13-4-8-15(18)9-5-13/h1-2,4-9,17-18H,3,10-11H2. The van der Waals surface area contributed by atoms with Crippen molar-refractivity contribution in [3.8, 4) is 11.5 Å². The van der Waals surface area contributed by atoms with E-state index in [0.29, 0.717) is 19.3 Å². The van der Waals surface area contributed by atoms with Crippen molar-refractivity contribution in [2.75, 3.05) is 0 Å². The number of ketones is 1. The molecule has 0 radical (unpaired) electrons. The first-order chi connectivity index (χ1) is 9.13. The van der Waals surface area contributed by atoms with Gasteiger partial charge in [-0.2, -0.15) is 0 Å². The van der Waals surface area contributed by atoms with Gasteiger partial charge < -0.3 is 10.2 Å². The number of hydrogen-bond donors (Lipinski definition) is 2. The van der Waals surface area contributed by atoms with Crippen molar-refractivity contribution in [3.63, 3.8) is 0 Å². The van der Waals surface area contributed by atoms with Gasteiger partial charge in [0, 0.05) is 12.8 Å². The molecule has 0 atom stereocenters. The second-order valence-corrected chi connectivity index (χ2v) is 4.55. The average molecular weight is 256 g/mol. The van der Waals surface area contributed by atoms with Crippen LogP contribution in [0.15, 0.2) is 48.5 Å². The monoisotopic (exact) mass is 256 g/mol. The Morgan fingerprint density at radius 2 is 1.26 bits per heavy atom. The van der Waals surface area contributed by atoms with Crippen molar-refractivity contribution in [1.29, 1.82) is 0 Å². The van der Waals surface area contributed by atoms with Gasteiger partial charge in [0.25, 0.3) is 0 Å². The number of phenolic OH excluding ortho intramolecular Hbond substituents is 2. The van der Waals surface area contributed by atoms with Crippen LogP contribution >= 0.6 is 0 Å². The zero-order valence-electron chi connectivity index (χ0n) is 10.5. The molecule has 0 fully saturated rings. The molecule has 3 nitrogen and oxygen atoms in total. The van der Waals surface area contributed by atoms with Gasteiger partial charge in [-0.25, -0.2) is 0 Å². The Balaban J connectivity index is 1.84. The number of rotatable bonds is 5. The van der Waals surface area contributed by atoms with Crippen molar-refractivity contribution in [3.05, 3.63) is 59.7 Å². The highest BCUT2D eigenvalue weighted by Crippen LogP contribution is 2.13. The van der Waals surface area contributed by atoms with Crippen LogP contribution in [0, 0.1) is 0 Å². The molecule has 19 heavy (non-hydrogen) atoms. The van der Waals surface area contributed by atoms with E-state index in [1.54, 1.807) is 36.4 Å². The Hall–Kier alpha value is -2.29. The second-order valence-electron chi connectivity index (χ2n) is 4.55. The lowest BCUT2D eigenvalue weighted by Gasteiger charge is -2.03. The van der Waals surface area contributed by atoms with Crippen LogP contribution in [0.4, 0.5) is 0 Å². The normalized spacial score (nSPS) is 10.3. The number of aromatic hydroxyl groups is 2. The molecule has 0 saturated heterocycles. The van der Waals surface area contributed by atoms with E-state index in [1.165, 1.54) is 0 Å². The second kappa shape index (κ2) is 6.05. The van der Waals surface area contributed by atoms with Crippen molar-refractivity contribution < 1.29 is 15.0 Å². The minimum absolute atomic E-state index is 0.166. The third-order valence-electron chi connectivity index (χ3n) is 2.97. The SMILES string of the molecule is O=C(CCc1ccc(O)cc1)Cc1ccc(O)cc1. The fourth-order valence-corrected chi connectivity index (χ4v) is 1.88. The molecule has 2 rings (SSSR count). The van der Waals surface area contributed by atoms with Gasteiger partial charge in [-0.1, -0.05) is 24.3 Å². The number of carbonyl (C=O) groups excluding carboxylic acids is 1. The van der Waals surface area contributed by atoms with Crippen LogP contribution in [0.25, 0.3) is 0 Å². The molecule has 2 aromatic carbocycles. The highest BCUT2D eigenvalue weighted by molar-refractivity contribution is 5.81. The summed E-state index contributed by atoms with van der Waals surface area (Å²) in [6.45, 7) is 0. The van der Waals surface area contributed by atoms with Crippen LogP contribution in [0.3, 0.4) is 0 Å². The van der Waals surface area contributed by atoms with Gasteiger partial charge in [0.05, 0.1) is 0 Å². The van der Waals surface area contributed by atoms with E-state index in [2.05, 4.69) is 0 Å². The van der Waals surface area contributed by atoms with Gasteiger partial charge in [-0.05, 0) is 41.8 Å². The van der Waals surface area contributed by atoms with E-state index in [9.17, 15) is 4.79 Å². The van der Waals surface area contributed by atoms with Crippen LogP contribution in [0.1, 0.15) is 17.5 Å². The van der Waals surface area contributed by atoms with Crippen molar-refractivity contribution >= 4 is 5.78 Å². The number of phenols is 2. The van der Waals surface area contributed by atoms with Crippen LogP contribution in [-0.2, 0) is 17.6 Å². The summed E-state index contributed by atoms with van der Waals surface area (Å²) in [7, 11) is 0. The third-order valence-corrected chi connectivity index (χ3v) is 2.97. The van der Waals surface area contributed by atoms with Crippen molar-refractivity contribution in [1.82, 2.24) is 0 Å². The van der Waals surface area contributed by atoms with Crippen LogP contribution in [0.2, 0.25) is 0 Å². The van der Waals surface area contributed by atoms with E-state index < -0.39 is 0 Å². The number of carbonyl (C=O) groups is 1. The van der Waals surface area contributed by atoms with Gasteiger partial charge in [0.1, 0.15) is 17.3 Å². The fraction of sp³-hybridized carbons (Fsp3) is 0.188. The zero-order valence-corrected chi connectivity index (χ0v) is 10.5. The Morgan fingerprint density at radius 1 is 0.789 bits per heavy atom. The van der Waals surface area contributed by atoms with Crippen molar-refractivity contribution in [2.24, 2.45) is 0 Å². The van der Waals surface area contributed by atoms with Gasteiger partial charge in [-0.3, -0.25) is 4.79 Å². The maximum atomic E-state index is 11.8. The molecule has 2 aromatic rings. The number of aryl methyl sites for hydroxylation is 1. The molecule has 3 heteroatoms. The topological polar surface area (TPSA) is 57.5 Å². The lowest BCUT2D eigenvalue weighted by atomic mass is 10.0. The highest BCUT2D eigenvalue weighted by atomic mass is 16.3. The summed E-state index contributed by atoms with van der Waals surface area (Å²) in [4.78, 5) is 11.8. The molecule has 0 bridgehead atoms. The first kappa shape index (κ1) is 13.1. The van der Waals surface area contributed by atoms with Crippen molar-refractivity contribution in [2.45, 2.75) is 19.3 Å². The molecule has 0 aliphatic carbocycles. The molecule has 0 aromatic heterocycles. The molecule has 0 aliphatic rings. The maximum absolute atomic E-state index is 11.8. The van der Waals surface area contributed by atoms with Gasteiger partial charge in [0.15, 0.2) is 0 Å². The van der Waals surface area contributed by atoms with Gasteiger partial charge in [-0.15, -0.1) is 0 Å². The summed E-state index contributed by atoms with van der Waals surface area (Å²) in [5.41, 5.74) is 1.95. The number of hydrogen-bond acceptors (Lipinski definition) is 3. The smallest absolute Gasteiger partial charge is 0.137 e. The molecular formula is C16H16O3. The minimum atomic E-state index is 0.166. The molecule has 0 saturated carbocycles. The van der Waals surface area contributed by atoms with E-state index in [-0.39, 0.29) is 17.3 Å². The van der Waals surface area contributed by atoms with E-state index in [1.807, 2.05) is 12.1 Å². The Morgan fingerprint density at radius 3 is 1.79 bits per heavy atom. The van der Waals surface area contributed by atoms with E-state index in [4.69, 9.17) is 10.2 Å². The summed E-state index contributed by atoms with van der Waals surface area (Å²) in [5, 5.41) is 18.3. The Bertz CT molecular complexity index is 541. The molecule has 0 spiro atoms. The summed E-state index contributed by atoms with van der Waals surface area (Å²) in [6.07, 6.45) is 1.54. The average Bonchev–Trinajstić information content (AvgIpc) is 2.41. The zero-order chi connectivity index (χ0) is 13.7. The molecule has 0 unspecified atom stereocenters. The molecule has 0 aliphatic heterocycles. The first-order valence-corrected chi connectivity index (χ1v) is 6.21. The first-order valence-electron chi connectivity index (χ1n) is 6.21. The van der Waals surface area contributed by atoms with Gasteiger partial charge in [0.2, 0.25) is 0 Å². The Labute approximate surface area is 112 Å². The number of Topliss-reactive ketones (excluding diaryl/α,β-unsaturated/α-hetero) is 1. The molecule has 98 valence electrons. The number of benzene rings is 2. The van der Waals surface area contributed by atoms with Crippen LogP contribution in [-0.4, -0.2) is 16.0 Å². The lowest BCUT2D eigenvalue weighted by molar-refractivity contribution is -0.118. The fourth-order valence-electron chi connectivity index (χ4n) is 1.88. The predicted molar refractivity (Wildman–Crippen MR) is 73.2 cm³/mol. The highest BCUT2D eigenvalue weighted by Gasteiger charge is 2.04. The van der Waals surface area contributed by atoms with Crippen LogP contribution < -0.4 is 0 Å². The summed E-state index contributed by atoms with van der Waals surface area (Å²) < 4.78 is 0.